The van der Waals surface area contributed by atoms with Gasteiger partial charge in [-0.1, -0.05) is 0 Å². The van der Waals surface area contributed by atoms with Crippen molar-refractivity contribution < 1.29 is 29.3 Å². The van der Waals surface area contributed by atoms with Gasteiger partial charge in [0.2, 0.25) is 0 Å². The average molecular weight is 270 g/mol. The lowest BCUT2D eigenvalue weighted by atomic mass is 9.79. The highest BCUT2D eigenvalue weighted by atomic mass is 16.7. The van der Waals surface area contributed by atoms with E-state index in [1.807, 2.05) is 0 Å². The van der Waals surface area contributed by atoms with E-state index < -0.39 is 23.1 Å². The number of terminal acetylenes is 1. The summed E-state index contributed by atoms with van der Waals surface area (Å²) in [7, 11) is 0. The van der Waals surface area contributed by atoms with Crippen LogP contribution in [0.2, 0.25) is 0 Å². The number of carboxylic acid groups (broad SMARTS) is 2. The molecule has 0 bridgehead atoms. The lowest BCUT2D eigenvalue weighted by molar-refractivity contribution is -0.167. The second-order valence-electron chi connectivity index (χ2n) is 4.76. The summed E-state index contributed by atoms with van der Waals surface area (Å²) in [6.07, 6.45) is 5.47. The second-order valence-corrected chi connectivity index (χ2v) is 4.76. The molecular formula is C13H18O6. The predicted molar refractivity (Wildman–Crippen MR) is 65.3 cm³/mol. The number of hydrogen-bond acceptors (Lipinski definition) is 4. The fourth-order valence-electron chi connectivity index (χ4n) is 2.13. The lowest BCUT2D eigenvalue weighted by Crippen LogP contribution is -2.39. The predicted octanol–water partition coefficient (Wildman–Crippen LogP) is 1.10. The molecule has 0 aromatic heterocycles. The molecule has 1 aliphatic heterocycles. The minimum absolute atomic E-state index is 0.0514. The van der Waals surface area contributed by atoms with E-state index in [1.165, 1.54) is 0 Å². The van der Waals surface area contributed by atoms with Crippen molar-refractivity contribution >= 4 is 11.9 Å². The maximum Gasteiger partial charge on any atom is 0.322 e. The van der Waals surface area contributed by atoms with Gasteiger partial charge in [-0.3, -0.25) is 9.59 Å². The van der Waals surface area contributed by atoms with Crippen LogP contribution in [0.1, 0.15) is 32.6 Å². The summed E-state index contributed by atoms with van der Waals surface area (Å²) < 4.78 is 10.8. The van der Waals surface area contributed by atoms with Gasteiger partial charge >= 0.3 is 11.9 Å². The Morgan fingerprint density at radius 3 is 2.26 bits per heavy atom. The van der Waals surface area contributed by atoms with Gasteiger partial charge < -0.3 is 19.7 Å². The van der Waals surface area contributed by atoms with Gasteiger partial charge in [0.15, 0.2) is 11.2 Å². The van der Waals surface area contributed by atoms with Crippen molar-refractivity contribution in [3.63, 3.8) is 0 Å². The molecule has 0 atom stereocenters. The minimum Gasteiger partial charge on any atom is -0.480 e. The zero-order chi connectivity index (χ0) is 14.5. The monoisotopic (exact) mass is 270 g/mol. The van der Waals surface area contributed by atoms with Gasteiger partial charge in [0.1, 0.15) is 0 Å². The molecule has 2 N–H and O–H groups in total. The second kappa shape index (κ2) is 6.04. The Balaban J connectivity index is 2.66. The fraction of sp³-hybridized carbons (Fsp3) is 0.692. The fourth-order valence-corrected chi connectivity index (χ4v) is 2.13. The Bertz CT molecular complexity index is 374. The summed E-state index contributed by atoms with van der Waals surface area (Å²) >= 11 is 0. The Hall–Kier alpha value is -1.58. The first-order chi connectivity index (χ1) is 8.86. The Kier molecular flexibility index (Phi) is 4.92. The van der Waals surface area contributed by atoms with E-state index in [0.717, 1.165) is 0 Å². The quantitative estimate of drug-likeness (QED) is 0.531. The van der Waals surface area contributed by atoms with E-state index in [2.05, 4.69) is 5.92 Å². The highest BCUT2D eigenvalue weighted by Crippen LogP contribution is 2.33. The van der Waals surface area contributed by atoms with Crippen molar-refractivity contribution in [2.45, 2.75) is 38.4 Å². The molecule has 0 aliphatic carbocycles. The molecule has 0 saturated carbocycles. The zero-order valence-corrected chi connectivity index (χ0v) is 10.8. The average Bonchev–Trinajstić information content (AvgIpc) is 2.74. The van der Waals surface area contributed by atoms with Crippen LogP contribution >= 0.6 is 0 Å². The Labute approximate surface area is 111 Å². The summed E-state index contributed by atoms with van der Waals surface area (Å²) in [5.41, 5.74) is -1.93. The topological polar surface area (TPSA) is 93.1 Å². The van der Waals surface area contributed by atoms with Crippen molar-refractivity contribution in [1.82, 2.24) is 0 Å². The van der Waals surface area contributed by atoms with Crippen molar-refractivity contribution in [2.75, 3.05) is 13.2 Å². The summed E-state index contributed by atoms with van der Waals surface area (Å²) in [4.78, 5) is 22.4. The van der Waals surface area contributed by atoms with E-state index in [4.69, 9.17) is 26.1 Å². The van der Waals surface area contributed by atoms with Gasteiger partial charge in [0.25, 0.3) is 0 Å². The standard InChI is InChI=1S/C13H18O6/c1-3-5-13(10(14)15,11(16)17)7-4-6-12(2)18-8-9-19-12/h1H,4-9H2,2H3,(H,14,15)(H,16,17). The summed E-state index contributed by atoms with van der Waals surface area (Å²) in [6, 6.07) is 0. The molecule has 6 heteroatoms. The summed E-state index contributed by atoms with van der Waals surface area (Å²) in [5.74, 6) is -1.43. The molecule has 0 aromatic carbocycles. The third-order valence-electron chi connectivity index (χ3n) is 3.36. The molecule has 0 aromatic rings. The van der Waals surface area contributed by atoms with Gasteiger partial charge in [-0.25, -0.2) is 0 Å². The van der Waals surface area contributed by atoms with E-state index in [-0.39, 0.29) is 12.8 Å². The van der Waals surface area contributed by atoms with Crippen LogP contribution in [0.25, 0.3) is 0 Å². The van der Waals surface area contributed by atoms with Crippen LogP contribution in [0.3, 0.4) is 0 Å². The molecule has 6 nitrogen and oxygen atoms in total. The number of ether oxygens (including phenoxy) is 2. The zero-order valence-electron chi connectivity index (χ0n) is 10.8. The van der Waals surface area contributed by atoms with Crippen LogP contribution in [-0.2, 0) is 19.1 Å². The van der Waals surface area contributed by atoms with Gasteiger partial charge in [0.05, 0.1) is 13.2 Å². The van der Waals surface area contributed by atoms with Crippen LogP contribution in [0, 0.1) is 17.8 Å². The van der Waals surface area contributed by atoms with Crippen LogP contribution < -0.4 is 0 Å². The van der Waals surface area contributed by atoms with E-state index in [0.29, 0.717) is 26.1 Å². The molecule has 1 heterocycles. The first-order valence-corrected chi connectivity index (χ1v) is 6.04. The van der Waals surface area contributed by atoms with Gasteiger partial charge in [-0.2, -0.15) is 0 Å². The largest absolute Gasteiger partial charge is 0.480 e. The van der Waals surface area contributed by atoms with Crippen LogP contribution in [0.5, 0.6) is 0 Å². The molecule has 0 amide bonds. The van der Waals surface area contributed by atoms with Crippen LogP contribution in [0.15, 0.2) is 0 Å². The van der Waals surface area contributed by atoms with Gasteiger partial charge in [-0.15, -0.1) is 12.3 Å². The Morgan fingerprint density at radius 2 is 1.84 bits per heavy atom. The lowest BCUT2D eigenvalue weighted by Gasteiger charge is -2.26. The normalized spacial score (nSPS) is 17.9. The number of carboxylic acids is 2. The highest BCUT2D eigenvalue weighted by Gasteiger charge is 2.46. The summed E-state index contributed by atoms with van der Waals surface area (Å²) in [6.45, 7) is 2.73. The molecule has 0 radical (unpaired) electrons. The van der Waals surface area contributed by atoms with Crippen LogP contribution in [0.4, 0.5) is 0 Å². The van der Waals surface area contributed by atoms with E-state index >= 15 is 0 Å². The molecule has 19 heavy (non-hydrogen) atoms. The summed E-state index contributed by atoms with van der Waals surface area (Å²) in [5, 5.41) is 18.3. The van der Waals surface area contributed by atoms with Gasteiger partial charge in [0, 0.05) is 12.8 Å². The van der Waals surface area contributed by atoms with E-state index in [9.17, 15) is 9.59 Å². The number of carbonyl (C=O) groups is 2. The third-order valence-corrected chi connectivity index (χ3v) is 3.36. The van der Waals surface area contributed by atoms with Crippen molar-refractivity contribution in [3.05, 3.63) is 0 Å². The molecular weight excluding hydrogens is 252 g/mol. The molecule has 0 unspecified atom stereocenters. The molecule has 1 fully saturated rings. The smallest absolute Gasteiger partial charge is 0.322 e. The molecule has 106 valence electrons. The third kappa shape index (κ3) is 3.46. The molecule has 1 rings (SSSR count). The molecule has 1 aliphatic rings. The minimum atomic E-state index is -1.93. The number of rotatable bonds is 7. The molecule has 0 spiro atoms. The van der Waals surface area contributed by atoms with Crippen molar-refractivity contribution in [2.24, 2.45) is 5.41 Å². The maximum atomic E-state index is 11.2. The first kappa shape index (κ1) is 15.5. The van der Waals surface area contributed by atoms with Crippen LogP contribution in [-0.4, -0.2) is 41.2 Å². The first-order valence-electron chi connectivity index (χ1n) is 6.04. The Morgan fingerprint density at radius 1 is 1.32 bits per heavy atom. The van der Waals surface area contributed by atoms with Gasteiger partial charge in [-0.05, 0) is 19.8 Å². The van der Waals surface area contributed by atoms with Crippen molar-refractivity contribution in [1.29, 1.82) is 0 Å². The van der Waals surface area contributed by atoms with Crippen molar-refractivity contribution in [3.8, 4) is 12.3 Å². The number of aliphatic carboxylic acids is 2. The van der Waals surface area contributed by atoms with E-state index in [1.54, 1.807) is 6.92 Å². The SMILES string of the molecule is C#CCC(CCCC1(C)OCCO1)(C(=O)O)C(=O)O. The highest BCUT2D eigenvalue weighted by molar-refractivity contribution is 5.98. The maximum absolute atomic E-state index is 11.2. The number of hydrogen-bond donors (Lipinski definition) is 2. The molecule has 1 saturated heterocycles.